The number of methoxy groups -OCH3 is 1. The number of rotatable bonds is 7. The Labute approximate surface area is 195 Å². The Morgan fingerprint density at radius 2 is 1.97 bits per heavy atom. The lowest BCUT2D eigenvalue weighted by Gasteiger charge is -2.28. The van der Waals surface area contributed by atoms with E-state index in [1.54, 1.807) is 7.11 Å². The molecular weight excluding hydrogens is 493 g/mol. The molecule has 0 aliphatic carbocycles. The van der Waals surface area contributed by atoms with Crippen LogP contribution in [0.4, 0.5) is 5.69 Å². The van der Waals surface area contributed by atoms with Gasteiger partial charge in [0.05, 0.1) is 20.2 Å². The number of benzene rings is 2. The third-order valence-corrected chi connectivity index (χ3v) is 4.70. The Morgan fingerprint density at radius 3 is 2.67 bits per heavy atom. The number of nitrogens with zero attached hydrogens (tertiary/aromatic N) is 2. The third-order valence-electron chi connectivity index (χ3n) is 4.70. The summed E-state index contributed by atoms with van der Waals surface area (Å²) in [5.41, 5.74) is 3.32. The van der Waals surface area contributed by atoms with Crippen LogP contribution in [-0.4, -0.2) is 45.2 Å². The van der Waals surface area contributed by atoms with Crippen LogP contribution in [0.15, 0.2) is 53.5 Å². The highest BCUT2D eigenvalue weighted by atomic mass is 127. The number of piperazine rings is 1. The molecule has 0 aromatic heterocycles. The second kappa shape index (κ2) is 12.3. The largest absolute Gasteiger partial charge is 0.497 e. The van der Waals surface area contributed by atoms with E-state index in [-0.39, 0.29) is 29.9 Å². The molecule has 1 aliphatic heterocycles. The molecule has 1 saturated heterocycles. The smallest absolute Gasteiger partial charge is 0.239 e. The molecule has 3 rings (SSSR count). The van der Waals surface area contributed by atoms with Gasteiger partial charge in [0.1, 0.15) is 5.75 Å². The minimum Gasteiger partial charge on any atom is -0.497 e. The zero-order valence-corrected chi connectivity index (χ0v) is 19.8. The van der Waals surface area contributed by atoms with Gasteiger partial charge in [0, 0.05) is 31.9 Å². The summed E-state index contributed by atoms with van der Waals surface area (Å²) < 4.78 is 5.27. The van der Waals surface area contributed by atoms with Crippen LogP contribution in [0, 0.1) is 0 Å². The molecule has 1 heterocycles. The van der Waals surface area contributed by atoms with Crippen molar-refractivity contribution in [3.63, 3.8) is 0 Å². The SMILES string of the molecule is CCNC(=NCc1cccc(OC)c1)NCc1ccc(N2CCNC(=O)C2)cc1.I. The number of hydrogen-bond acceptors (Lipinski definition) is 4. The number of carbonyl (C=O) groups is 1. The number of carbonyl (C=O) groups excluding carboxylic acids is 1. The Morgan fingerprint density at radius 1 is 1.17 bits per heavy atom. The maximum absolute atomic E-state index is 11.6. The molecule has 0 atom stereocenters. The number of nitrogens with one attached hydrogen (secondary N) is 3. The second-order valence-electron chi connectivity index (χ2n) is 6.84. The Balaban J connectivity index is 0.00000320. The van der Waals surface area contributed by atoms with E-state index in [0.717, 1.165) is 41.6 Å². The van der Waals surface area contributed by atoms with Crippen molar-refractivity contribution in [2.45, 2.75) is 20.0 Å². The summed E-state index contributed by atoms with van der Waals surface area (Å²) in [5, 5.41) is 9.50. The maximum Gasteiger partial charge on any atom is 0.239 e. The highest BCUT2D eigenvalue weighted by molar-refractivity contribution is 14.0. The van der Waals surface area contributed by atoms with Crippen LogP contribution in [0.1, 0.15) is 18.1 Å². The molecule has 0 unspecified atom stereocenters. The summed E-state index contributed by atoms with van der Waals surface area (Å²) in [7, 11) is 1.67. The Hall–Kier alpha value is -2.49. The molecule has 2 aromatic carbocycles. The van der Waals surface area contributed by atoms with Crippen molar-refractivity contribution in [1.29, 1.82) is 0 Å². The molecule has 2 aromatic rings. The zero-order valence-electron chi connectivity index (χ0n) is 17.5. The van der Waals surface area contributed by atoms with Gasteiger partial charge in [-0.3, -0.25) is 4.79 Å². The molecule has 8 heteroatoms. The van der Waals surface area contributed by atoms with E-state index in [0.29, 0.717) is 26.2 Å². The van der Waals surface area contributed by atoms with E-state index >= 15 is 0 Å². The second-order valence-corrected chi connectivity index (χ2v) is 6.84. The predicted octanol–water partition coefficient (Wildman–Crippen LogP) is 2.50. The van der Waals surface area contributed by atoms with Crippen LogP contribution >= 0.6 is 24.0 Å². The van der Waals surface area contributed by atoms with Gasteiger partial charge in [-0.25, -0.2) is 4.99 Å². The number of hydrogen-bond donors (Lipinski definition) is 3. The van der Waals surface area contributed by atoms with Crippen LogP contribution in [0.25, 0.3) is 0 Å². The first kappa shape index (κ1) is 23.8. The van der Waals surface area contributed by atoms with Gasteiger partial charge < -0.3 is 25.6 Å². The number of guanidine groups is 1. The third kappa shape index (κ3) is 7.08. The van der Waals surface area contributed by atoms with E-state index in [2.05, 4.69) is 50.1 Å². The van der Waals surface area contributed by atoms with Gasteiger partial charge in [-0.15, -0.1) is 24.0 Å². The summed E-state index contributed by atoms with van der Waals surface area (Å²) in [5.74, 6) is 1.68. The lowest BCUT2D eigenvalue weighted by Crippen LogP contribution is -2.47. The van der Waals surface area contributed by atoms with E-state index in [4.69, 9.17) is 4.74 Å². The fraction of sp³-hybridized carbons (Fsp3) is 0.364. The average molecular weight is 523 g/mol. The van der Waals surface area contributed by atoms with E-state index in [1.807, 2.05) is 31.2 Å². The maximum atomic E-state index is 11.6. The normalized spacial score (nSPS) is 13.9. The average Bonchev–Trinajstić information content (AvgIpc) is 2.76. The van der Waals surface area contributed by atoms with Gasteiger partial charge in [0.2, 0.25) is 5.91 Å². The molecule has 0 bridgehead atoms. The predicted molar refractivity (Wildman–Crippen MR) is 132 cm³/mol. The minimum atomic E-state index is 0. The van der Waals surface area contributed by atoms with Crippen molar-refractivity contribution in [3.05, 3.63) is 59.7 Å². The van der Waals surface area contributed by atoms with Gasteiger partial charge in [0.15, 0.2) is 5.96 Å². The first-order chi connectivity index (χ1) is 14.2. The first-order valence-corrected chi connectivity index (χ1v) is 9.93. The van der Waals surface area contributed by atoms with Crippen LogP contribution in [0.5, 0.6) is 5.75 Å². The molecule has 1 aliphatic rings. The molecule has 0 spiro atoms. The van der Waals surface area contributed by atoms with E-state index < -0.39 is 0 Å². The molecular formula is C22H30IN5O2. The molecule has 30 heavy (non-hydrogen) atoms. The molecule has 7 nitrogen and oxygen atoms in total. The first-order valence-electron chi connectivity index (χ1n) is 9.93. The van der Waals surface area contributed by atoms with Crippen LogP contribution in [0.2, 0.25) is 0 Å². The number of amides is 1. The molecule has 0 radical (unpaired) electrons. The van der Waals surface area contributed by atoms with E-state index in [9.17, 15) is 4.79 Å². The van der Waals surface area contributed by atoms with Crippen molar-refractivity contribution in [1.82, 2.24) is 16.0 Å². The van der Waals surface area contributed by atoms with Crippen LogP contribution < -0.4 is 25.6 Å². The molecule has 0 saturated carbocycles. The summed E-state index contributed by atoms with van der Waals surface area (Å²) in [6, 6.07) is 16.2. The summed E-state index contributed by atoms with van der Waals surface area (Å²) >= 11 is 0. The standard InChI is InChI=1S/C22H29N5O2.HI/c1-3-23-22(26-15-18-5-4-6-20(13-18)29-2)25-14-17-7-9-19(10-8-17)27-12-11-24-21(28)16-27;/h4-10,13H,3,11-12,14-16H2,1-2H3,(H,24,28)(H2,23,25,26);1H. The minimum absolute atomic E-state index is 0. The van der Waals surface area contributed by atoms with Crippen LogP contribution in [-0.2, 0) is 17.9 Å². The summed E-state index contributed by atoms with van der Waals surface area (Å²) in [4.78, 5) is 18.3. The van der Waals surface area contributed by atoms with Gasteiger partial charge in [-0.1, -0.05) is 24.3 Å². The highest BCUT2D eigenvalue weighted by Crippen LogP contribution is 2.16. The Bertz CT molecular complexity index is 842. The number of ether oxygens (including phenoxy) is 1. The molecule has 3 N–H and O–H groups in total. The lowest BCUT2D eigenvalue weighted by atomic mass is 10.2. The molecule has 1 amide bonds. The van der Waals surface area contributed by atoms with Crippen molar-refractivity contribution >= 4 is 41.5 Å². The monoisotopic (exact) mass is 523 g/mol. The van der Waals surface area contributed by atoms with Gasteiger partial charge in [-0.2, -0.15) is 0 Å². The fourth-order valence-electron chi connectivity index (χ4n) is 3.15. The summed E-state index contributed by atoms with van der Waals surface area (Å²) in [6.45, 7) is 6.03. The lowest BCUT2D eigenvalue weighted by molar-refractivity contribution is -0.120. The van der Waals surface area contributed by atoms with Crippen molar-refractivity contribution in [3.8, 4) is 5.75 Å². The molecule has 1 fully saturated rings. The Kier molecular flexibility index (Phi) is 9.72. The van der Waals surface area contributed by atoms with Gasteiger partial charge in [0.25, 0.3) is 0 Å². The van der Waals surface area contributed by atoms with Crippen molar-refractivity contribution in [2.24, 2.45) is 4.99 Å². The molecule has 162 valence electrons. The highest BCUT2D eigenvalue weighted by Gasteiger charge is 2.16. The van der Waals surface area contributed by atoms with E-state index in [1.165, 1.54) is 0 Å². The quantitative estimate of drug-likeness (QED) is 0.296. The van der Waals surface area contributed by atoms with Crippen molar-refractivity contribution in [2.75, 3.05) is 38.2 Å². The van der Waals surface area contributed by atoms with Crippen molar-refractivity contribution < 1.29 is 9.53 Å². The fourth-order valence-corrected chi connectivity index (χ4v) is 3.15. The van der Waals surface area contributed by atoms with Crippen LogP contribution in [0.3, 0.4) is 0 Å². The summed E-state index contributed by atoms with van der Waals surface area (Å²) in [6.07, 6.45) is 0. The number of aliphatic imine (C=N–C) groups is 1. The topological polar surface area (TPSA) is 78.0 Å². The number of halogens is 1. The van der Waals surface area contributed by atoms with Gasteiger partial charge in [-0.05, 0) is 42.3 Å². The van der Waals surface area contributed by atoms with Gasteiger partial charge >= 0.3 is 0 Å². The zero-order chi connectivity index (χ0) is 20.5. The number of anilines is 1.